The lowest BCUT2D eigenvalue weighted by Gasteiger charge is -2.30. The molecule has 0 atom stereocenters. The molecule has 2 aromatic rings. The summed E-state index contributed by atoms with van der Waals surface area (Å²) in [5.74, 6) is 1.77. The van der Waals surface area contributed by atoms with Gasteiger partial charge in [-0.25, -0.2) is 4.98 Å². The van der Waals surface area contributed by atoms with Crippen LogP contribution in [0.3, 0.4) is 0 Å². The van der Waals surface area contributed by atoms with Gasteiger partial charge in [-0.15, -0.1) is 12.4 Å². The molecule has 0 spiro atoms. The molecule has 6 nitrogen and oxygen atoms in total. The van der Waals surface area contributed by atoms with Crippen LogP contribution in [0.4, 0.5) is 5.13 Å². The predicted molar refractivity (Wildman–Crippen MR) is 108 cm³/mol. The summed E-state index contributed by atoms with van der Waals surface area (Å²) in [4.78, 5) is 21.6. The highest BCUT2D eigenvalue weighted by molar-refractivity contribution is 7.22. The van der Waals surface area contributed by atoms with E-state index in [4.69, 9.17) is 14.5 Å². The molecule has 144 valence electrons. The Bertz CT molecular complexity index is 720. The zero-order chi connectivity index (χ0) is 18.0. The molecule has 1 aromatic carbocycles. The van der Waals surface area contributed by atoms with E-state index < -0.39 is 0 Å². The number of amides is 1. The molecule has 0 N–H and O–H groups in total. The first kappa shape index (κ1) is 20.7. The lowest BCUT2D eigenvalue weighted by molar-refractivity contribution is -0.124. The van der Waals surface area contributed by atoms with Crippen molar-refractivity contribution in [3.63, 3.8) is 0 Å². The van der Waals surface area contributed by atoms with Crippen LogP contribution >= 0.6 is 23.7 Å². The summed E-state index contributed by atoms with van der Waals surface area (Å²) in [7, 11) is 7.29. The standard InChI is InChI=1S/C18H25N3O3S.ClH/c1-20(2)10-11-21(17(22)12-6-5-7-12)18-19-15-13(23-3)8-9-14(24-4)16(15)25-18;/h8-9,12H,5-7,10-11H2,1-4H3;1H. The third-order valence-corrected chi connectivity index (χ3v) is 5.71. The van der Waals surface area contributed by atoms with Crippen molar-refractivity contribution in [1.82, 2.24) is 9.88 Å². The fraction of sp³-hybridized carbons (Fsp3) is 0.556. The Morgan fingerprint density at radius 2 is 1.85 bits per heavy atom. The van der Waals surface area contributed by atoms with E-state index in [1.807, 2.05) is 31.1 Å². The van der Waals surface area contributed by atoms with Gasteiger partial charge >= 0.3 is 0 Å². The first-order valence-corrected chi connectivity index (χ1v) is 9.34. The van der Waals surface area contributed by atoms with E-state index in [0.29, 0.717) is 12.3 Å². The number of likely N-dealkylation sites (N-methyl/N-ethyl adjacent to an activating group) is 1. The molecule has 0 bridgehead atoms. The normalized spacial score (nSPS) is 14.0. The van der Waals surface area contributed by atoms with Crippen molar-refractivity contribution in [2.75, 3.05) is 46.3 Å². The molecule has 0 saturated heterocycles. The van der Waals surface area contributed by atoms with Gasteiger partial charge in [0.05, 0.1) is 14.2 Å². The average molecular weight is 400 g/mol. The molecule has 1 aromatic heterocycles. The van der Waals surface area contributed by atoms with Crippen LogP contribution in [0.5, 0.6) is 11.5 Å². The Morgan fingerprint density at radius 3 is 2.38 bits per heavy atom. The maximum atomic E-state index is 12.9. The van der Waals surface area contributed by atoms with Gasteiger partial charge in [0.2, 0.25) is 5.91 Å². The molecule has 1 heterocycles. The number of benzene rings is 1. The quantitative estimate of drug-likeness (QED) is 0.713. The van der Waals surface area contributed by atoms with Crippen molar-refractivity contribution in [2.24, 2.45) is 5.92 Å². The van der Waals surface area contributed by atoms with Crippen molar-refractivity contribution in [2.45, 2.75) is 19.3 Å². The number of halogens is 1. The minimum atomic E-state index is 0. The van der Waals surface area contributed by atoms with Gasteiger partial charge in [-0.05, 0) is 39.1 Å². The zero-order valence-electron chi connectivity index (χ0n) is 15.7. The highest BCUT2D eigenvalue weighted by Crippen LogP contribution is 2.41. The van der Waals surface area contributed by atoms with Crippen molar-refractivity contribution >= 4 is 45.0 Å². The average Bonchev–Trinajstić information content (AvgIpc) is 2.97. The van der Waals surface area contributed by atoms with Gasteiger partial charge in [-0.1, -0.05) is 17.8 Å². The van der Waals surface area contributed by atoms with Crippen LogP contribution in [0.2, 0.25) is 0 Å². The van der Waals surface area contributed by atoms with Crippen LogP contribution in [0.15, 0.2) is 12.1 Å². The number of methoxy groups -OCH3 is 2. The highest BCUT2D eigenvalue weighted by atomic mass is 35.5. The molecule has 1 aliphatic rings. The van der Waals surface area contributed by atoms with Crippen molar-refractivity contribution in [3.05, 3.63) is 12.1 Å². The summed E-state index contributed by atoms with van der Waals surface area (Å²) < 4.78 is 11.8. The molecule has 0 unspecified atom stereocenters. The van der Waals surface area contributed by atoms with Crippen LogP contribution in [-0.4, -0.2) is 57.2 Å². The Balaban J connectivity index is 0.00000243. The monoisotopic (exact) mass is 399 g/mol. The van der Waals surface area contributed by atoms with E-state index in [-0.39, 0.29) is 24.2 Å². The summed E-state index contributed by atoms with van der Waals surface area (Å²) in [6.45, 7) is 1.43. The lowest BCUT2D eigenvalue weighted by Crippen LogP contribution is -2.42. The fourth-order valence-electron chi connectivity index (χ4n) is 2.87. The Labute approximate surface area is 164 Å². The summed E-state index contributed by atoms with van der Waals surface area (Å²) in [6.07, 6.45) is 3.10. The molecule has 0 radical (unpaired) electrons. The van der Waals surface area contributed by atoms with Crippen LogP contribution in [-0.2, 0) is 4.79 Å². The van der Waals surface area contributed by atoms with Gasteiger partial charge in [0.1, 0.15) is 21.7 Å². The second-order valence-electron chi connectivity index (χ2n) is 6.57. The van der Waals surface area contributed by atoms with E-state index >= 15 is 0 Å². The number of thiazole rings is 1. The predicted octanol–water partition coefficient (Wildman–Crippen LogP) is 3.43. The first-order chi connectivity index (χ1) is 12.0. The molecule has 26 heavy (non-hydrogen) atoms. The maximum absolute atomic E-state index is 12.9. The van der Waals surface area contributed by atoms with Gasteiger partial charge in [0, 0.05) is 19.0 Å². The fourth-order valence-corrected chi connectivity index (χ4v) is 3.97. The number of aromatic nitrogens is 1. The van der Waals surface area contributed by atoms with Gasteiger partial charge in [0.25, 0.3) is 0 Å². The van der Waals surface area contributed by atoms with E-state index in [9.17, 15) is 4.79 Å². The number of nitrogens with zero attached hydrogens (tertiary/aromatic N) is 3. The zero-order valence-corrected chi connectivity index (χ0v) is 17.3. The number of anilines is 1. The molecule has 3 rings (SSSR count). The number of carbonyl (C=O) groups excluding carboxylic acids is 1. The molecule has 1 saturated carbocycles. The Morgan fingerprint density at radius 1 is 1.19 bits per heavy atom. The molecule has 0 aliphatic heterocycles. The van der Waals surface area contributed by atoms with Crippen LogP contribution in [0, 0.1) is 5.92 Å². The number of ether oxygens (including phenoxy) is 2. The van der Waals surface area contributed by atoms with E-state index in [2.05, 4.69) is 4.90 Å². The first-order valence-electron chi connectivity index (χ1n) is 8.52. The van der Waals surface area contributed by atoms with Crippen LogP contribution < -0.4 is 14.4 Å². The molecule has 1 amide bonds. The Hall–Kier alpha value is -1.57. The highest BCUT2D eigenvalue weighted by Gasteiger charge is 2.32. The van der Waals surface area contributed by atoms with Crippen LogP contribution in [0.1, 0.15) is 19.3 Å². The van der Waals surface area contributed by atoms with Crippen molar-refractivity contribution < 1.29 is 14.3 Å². The number of carbonyl (C=O) groups is 1. The van der Waals surface area contributed by atoms with E-state index in [1.54, 1.807) is 14.2 Å². The van der Waals surface area contributed by atoms with Crippen molar-refractivity contribution in [3.8, 4) is 11.5 Å². The summed E-state index contributed by atoms with van der Waals surface area (Å²) in [6, 6.07) is 3.73. The number of rotatable bonds is 7. The molecule has 8 heteroatoms. The molecule has 1 aliphatic carbocycles. The van der Waals surface area contributed by atoms with E-state index in [0.717, 1.165) is 46.9 Å². The van der Waals surface area contributed by atoms with Crippen LogP contribution in [0.25, 0.3) is 10.2 Å². The third-order valence-electron chi connectivity index (χ3n) is 4.62. The number of hydrogen-bond acceptors (Lipinski definition) is 6. The number of hydrogen-bond donors (Lipinski definition) is 0. The minimum absolute atomic E-state index is 0. The molecular formula is C18H26ClN3O3S. The second kappa shape index (κ2) is 8.88. The second-order valence-corrected chi connectivity index (χ2v) is 7.54. The van der Waals surface area contributed by atoms with Crippen molar-refractivity contribution in [1.29, 1.82) is 0 Å². The molecule has 1 fully saturated rings. The van der Waals surface area contributed by atoms with Gasteiger partial charge < -0.3 is 14.4 Å². The number of fused-ring (bicyclic) bond motifs is 1. The maximum Gasteiger partial charge on any atom is 0.231 e. The minimum Gasteiger partial charge on any atom is -0.495 e. The Kier molecular flexibility index (Phi) is 7.08. The smallest absolute Gasteiger partial charge is 0.231 e. The van der Waals surface area contributed by atoms with Gasteiger partial charge in [0.15, 0.2) is 5.13 Å². The summed E-state index contributed by atoms with van der Waals surface area (Å²) >= 11 is 1.49. The largest absolute Gasteiger partial charge is 0.495 e. The molecular weight excluding hydrogens is 374 g/mol. The topological polar surface area (TPSA) is 54.9 Å². The van der Waals surface area contributed by atoms with Gasteiger partial charge in [-0.3, -0.25) is 9.69 Å². The third kappa shape index (κ3) is 4.05. The SMILES string of the molecule is COc1ccc(OC)c2sc(N(CCN(C)C)C(=O)C3CCC3)nc12.Cl. The van der Waals surface area contributed by atoms with E-state index in [1.165, 1.54) is 11.3 Å². The summed E-state index contributed by atoms with van der Waals surface area (Å²) in [5.41, 5.74) is 0.748. The van der Waals surface area contributed by atoms with Gasteiger partial charge in [-0.2, -0.15) is 0 Å². The lowest BCUT2D eigenvalue weighted by atomic mass is 9.84. The summed E-state index contributed by atoms with van der Waals surface area (Å²) in [5, 5.41) is 0.719.